The Bertz CT molecular complexity index is 1140. The van der Waals surface area contributed by atoms with Gasteiger partial charge >= 0.3 is 0 Å². The number of hydrazine groups is 1. The molecule has 3 rings (SSSR count). The van der Waals surface area contributed by atoms with Gasteiger partial charge in [0.05, 0.1) is 23.3 Å². The molecule has 11 nitrogen and oxygen atoms in total. The summed E-state index contributed by atoms with van der Waals surface area (Å²) in [4.78, 5) is 31.4. The molecule has 0 spiro atoms. The van der Waals surface area contributed by atoms with Crippen LogP contribution in [0.15, 0.2) is 30.6 Å². The van der Waals surface area contributed by atoms with E-state index in [0.29, 0.717) is 32.9 Å². The molecule has 176 valence electrons. The Morgan fingerprint density at radius 3 is 2.76 bits per heavy atom. The normalized spacial score (nSPS) is 11.7. The topological polar surface area (TPSA) is 156 Å². The number of thiazole rings is 1. The molecule has 7 N–H and O–H groups in total. The van der Waals surface area contributed by atoms with E-state index in [2.05, 4.69) is 26.1 Å². The summed E-state index contributed by atoms with van der Waals surface area (Å²) in [6, 6.07) is 5.46. The van der Waals surface area contributed by atoms with Crippen molar-refractivity contribution in [2.45, 2.75) is 39.8 Å². The third-order valence-electron chi connectivity index (χ3n) is 5.40. The van der Waals surface area contributed by atoms with Crippen molar-refractivity contribution in [3.8, 4) is 0 Å². The molecule has 1 unspecified atom stereocenters. The van der Waals surface area contributed by atoms with E-state index in [1.165, 1.54) is 17.5 Å². The van der Waals surface area contributed by atoms with E-state index in [-0.39, 0.29) is 24.4 Å². The van der Waals surface area contributed by atoms with Gasteiger partial charge in [-0.05, 0) is 31.9 Å². The van der Waals surface area contributed by atoms with Crippen molar-refractivity contribution in [3.63, 3.8) is 0 Å². The van der Waals surface area contributed by atoms with Crippen molar-refractivity contribution in [1.82, 2.24) is 19.7 Å². The first-order valence-corrected chi connectivity index (χ1v) is 11.2. The van der Waals surface area contributed by atoms with Crippen LogP contribution in [0.3, 0.4) is 0 Å². The molecule has 0 radical (unpaired) electrons. The zero-order chi connectivity index (χ0) is 24.1. The van der Waals surface area contributed by atoms with Crippen molar-refractivity contribution >= 4 is 51.2 Å². The third kappa shape index (κ3) is 5.59. The molecule has 0 saturated carbocycles. The van der Waals surface area contributed by atoms with Gasteiger partial charge < -0.3 is 26.7 Å². The van der Waals surface area contributed by atoms with Crippen LogP contribution in [0.4, 0.5) is 28.0 Å². The maximum atomic E-state index is 12.7. The number of nitrogens with two attached hydrogens (primary N) is 2. The molecule has 0 aliphatic carbocycles. The van der Waals surface area contributed by atoms with Gasteiger partial charge in [-0.25, -0.2) is 4.98 Å². The third-order valence-corrected chi connectivity index (χ3v) is 6.31. The lowest BCUT2D eigenvalue weighted by molar-refractivity contribution is -0.132. The number of carbonyl (C=O) groups is 2. The molecule has 0 saturated heterocycles. The van der Waals surface area contributed by atoms with E-state index < -0.39 is 0 Å². The summed E-state index contributed by atoms with van der Waals surface area (Å²) in [7, 11) is 1.79. The Morgan fingerprint density at radius 2 is 2.06 bits per heavy atom. The van der Waals surface area contributed by atoms with E-state index in [9.17, 15) is 9.59 Å². The number of amides is 2. The van der Waals surface area contributed by atoms with Gasteiger partial charge in [-0.1, -0.05) is 24.3 Å². The minimum Gasteiger partial charge on any atom is -0.395 e. The highest BCUT2D eigenvalue weighted by atomic mass is 32.1. The second-order valence-electron chi connectivity index (χ2n) is 7.63. The molecular formula is C21H29N9O2S. The fourth-order valence-electron chi connectivity index (χ4n) is 3.03. The van der Waals surface area contributed by atoms with Crippen LogP contribution < -0.4 is 27.6 Å². The molecule has 0 aliphatic rings. The number of nitrogens with one attached hydrogen (secondary N) is 3. The van der Waals surface area contributed by atoms with E-state index in [0.717, 1.165) is 12.0 Å². The predicted octanol–water partition coefficient (Wildman–Crippen LogP) is 2.77. The summed E-state index contributed by atoms with van der Waals surface area (Å²) < 4.78 is 1.56. The van der Waals surface area contributed by atoms with E-state index >= 15 is 0 Å². The minimum atomic E-state index is -0.339. The average Bonchev–Trinajstić information content (AvgIpc) is 3.45. The van der Waals surface area contributed by atoms with Gasteiger partial charge in [-0.2, -0.15) is 5.10 Å². The lowest BCUT2D eigenvalue weighted by Crippen LogP contribution is -2.37. The Labute approximate surface area is 196 Å². The van der Waals surface area contributed by atoms with Gasteiger partial charge in [0, 0.05) is 25.4 Å². The van der Waals surface area contributed by atoms with Crippen LogP contribution >= 0.6 is 11.3 Å². The molecule has 2 aromatic heterocycles. The van der Waals surface area contributed by atoms with Gasteiger partial charge in [0.25, 0.3) is 5.91 Å². The molecule has 3 aromatic rings. The zero-order valence-corrected chi connectivity index (χ0v) is 19.9. The second kappa shape index (κ2) is 10.3. The van der Waals surface area contributed by atoms with Crippen LogP contribution in [0.1, 0.15) is 35.5 Å². The smallest absolute Gasteiger partial charge is 0.267 e. The summed E-state index contributed by atoms with van der Waals surface area (Å²) in [6.45, 7) is 6.03. The van der Waals surface area contributed by atoms with E-state index in [1.807, 2.05) is 26.8 Å². The average molecular weight is 472 g/mol. The van der Waals surface area contributed by atoms with Crippen LogP contribution in [0, 0.1) is 6.92 Å². The Hall–Kier alpha value is -3.64. The first-order valence-electron chi connectivity index (χ1n) is 10.4. The van der Waals surface area contributed by atoms with Crippen LogP contribution in [-0.4, -0.2) is 44.6 Å². The van der Waals surface area contributed by atoms with Crippen LogP contribution in [0.5, 0.6) is 0 Å². The Balaban J connectivity index is 1.64. The molecule has 2 amide bonds. The van der Waals surface area contributed by atoms with Crippen LogP contribution in [0.2, 0.25) is 0 Å². The molecule has 1 aromatic carbocycles. The summed E-state index contributed by atoms with van der Waals surface area (Å²) in [5.74, 6) is 5.63. The van der Waals surface area contributed by atoms with Gasteiger partial charge in [0.2, 0.25) is 5.91 Å². The molecule has 0 bridgehead atoms. The Morgan fingerprint density at radius 1 is 1.30 bits per heavy atom. The zero-order valence-electron chi connectivity index (χ0n) is 19.0. The lowest BCUT2D eigenvalue weighted by Gasteiger charge is -2.23. The standard InChI is InChI=1S/C21H29N9O2S/c1-5-13(3)29(4)17(31)11-30-9-8-16(28-30)25-21-24-10-15(33-21)20(32)26-19-12(2)6-7-14(27-23)18(19)22/h6-10,13,27H,5,11,22-23H2,1-4H3,(H,26,32)(H,24,25,28). The lowest BCUT2D eigenvalue weighted by atomic mass is 10.1. The fourth-order valence-corrected chi connectivity index (χ4v) is 3.75. The van der Waals surface area contributed by atoms with Gasteiger partial charge in [0.15, 0.2) is 10.9 Å². The number of nitrogens with zero attached hydrogens (tertiary/aromatic N) is 4. The van der Waals surface area contributed by atoms with E-state index in [4.69, 9.17) is 11.6 Å². The highest BCUT2D eigenvalue weighted by Gasteiger charge is 2.17. The highest BCUT2D eigenvalue weighted by molar-refractivity contribution is 7.17. The highest BCUT2D eigenvalue weighted by Crippen LogP contribution is 2.31. The quantitative estimate of drug-likeness (QED) is 0.181. The SMILES string of the molecule is CCC(C)N(C)C(=O)Cn1ccc(Nc2ncc(C(=O)Nc3c(C)ccc(NN)c3N)s2)n1. The van der Waals surface area contributed by atoms with Crippen molar-refractivity contribution in [2.24, 2.45) is 5.84 Å². The number of anilines is 5. The monoisotopic (exact) mass is 471 g/mol. The van der Waals surface area contributed by atoms with Crippen molar-refractivity contribution in [2.75, 3.05) is 28.8 Å². The number of hydrogen-bond donors (Lipinski definition) is 5. The molecule has 33 heavy (non-hydrogen) atoms. The number of rotatable bonds is 9. The summed E-state index contributed by atoms with van der Waals surface area (Å²) >= 11 is 1.17. The van der Waals surface area contributed by atoms with Crippen LogP contribution in [0.25, 0.3) is 0 Å². The summed E-state index contributed by atoms with van der Waals surface area (Å²) in [5, 5.41) is 10.7. The van der Waals surface area contributed by atoms with Gasteiger partial charge in [-0.15, -0.1) is 0 Å². The van der Waals surface area contributed by atoms with Gasteiger partial charge in [-0.3, -0.25) is 20.1 Å². The Kier molecular flexibility index (Phi) is 7.51. The number of carbonyl (C=O) groups excluding carboxylic acids is 2. The fraction of sp³-hybridized carbons (Fsp3) is 0.333. The number of aromatic nitrogens is 3. The molecular weight excluding hydrogens is 442 g/mol. The number of aryl methyl sites for hydroxylation is 1. The maximum absolute atomic E-state index is 12.7. The first kappa shape index (κ1) is 24.0. The van der Waals surface area contributed by atoms with Crippen molar-refractivity contribution in [3.05, 3.63) is 41.0 Å². The molecule has 0 aliphatic heterocycles. The van der Waals surface area contributed by atoms with Gasteiger partial charge in [0.1, 0.15) is 11.4 Å². The number of benzene rings is 1. The first-order chi connectivity index (χ1) is 15.7. The van der Waals surface area contributed by atoms with Crippen molar-refractivity contribution < 1.29 is 9.59 Å². The minimum absolute atomic E-state index is 0.0179. The molecule has 12 heteroatoms. The number of likely N-dealkylation sites (N-methyl/N-ethyl adjacent to an activating group) is 1. The van der Waals surface area contributed by atoms with Crippen LogP contribution in [-0.2, 0) is 11.3 Å². The molecule has 2 heterocycles. The number of nitrogen functional groups attached to an aromatic ring is 2. The number of hydrogen-bond acceptors (Lipinski definition) is 9. The largest absolute Gasteiger partial charge is 0.395 e. The maximum Gasteiger partial charge on any atom is 0.267 e. The molecule has 0 fully saturated rings. The van der Waals surface area contributed by atoms with E-state index in [1.54, 1.807) is 35.0 Å². The predicted molar refractivity (Wildman–Crippen MR) is 132 cm³/mol. The second-order valence-corrected chi connectivity index (χ2v) is 8.66. The summed E-state index contributed by atoms with van der Waals surface area (Å²) in [6.07, 6.45) is 4.08. The van der Waals surface area contributed by atoms with Crippen molar-refractivity contribution in [1.29, 1.82) is 0 Å². The summed E-state index contributed by atoms with van der Waals surface area (Å²) in [5.41, 5.74) is 10.8. The molecule has 1 atom stereocenters.